The normalized spacial score (nSPS) is 13.2. The van der Waals surface area contributed by atoms with E-state index >= 15 is 0 Å². The van der Waals surface area contributed by atoms with Gasteiger partial charge in [0.25, 0.3) is 0 Å². The summed E-state index contributed by atoms with van der Waals surface area (Å²) in [7, 11) is 1.96. The highest BCUT2D eigenvalue weighted by molar-refractivity contribution is 6.31. The minimum atomic E-state index is 0.190. The molecule has 0 aliphatic carbocycles. The maximum atomic E-state index is 6.25. The number of hydrogen-bond acceptors (Lipinski definition) is 2. The van der Waals surface area contributed by atoms with Crippen molar-refractivity contribution >= 4 is 11.6 Å². The molecule has 1 N–H and O–H groups in total. The molecule has 1 aromatic carbocycles. The number of likely N-dealkylation sites (N-methyl/N-ethyl adjacent to an activating group) is 1. The maximum absolute atomic E-state index is 6.25. The summed E-state index contributed by atoms with van der Waals surface area (Å²) in [5.74, 6) is 0. The summed E-state index contributed by atoms with van der Waals surface area (Å²) in [6, 6.07) is 11.0. The standard InChI is InChI=1S/C18H23ClN2/c1-18(2,3)14-7-5-13(6-8-14)11-17(20-4)15-9-10-21-12-16(15)19/h5-10,12,17,20H,11H2,1-4H3. The Kier molecular flexibility index (Phi) is 5.02. The first-order chi connectivity index (χ1) is 9.91. The van der Waals surface area contributed by atoms with Gasteiger partial charge in [0.05, 0.1) is 5.02 Å². The second kappa shape index (κ2) is 6.59. The number of hydrogen-bond donors (Lipinski definition) is 1. The summed E-state index contributed by atoms with van der Waals surface area (Å²) >= 11 is 6.25. The third-order valence-corrected chi connectivity index (χ3v) is 4.10. The van der Waals surface area contributed by atoms with Gasteiger partial charge in [0.2, 0.25) is 0 Å². The van der Waals surface area contributed by atoms with Crippen LogP contribution in [0.4, 0.5) is 0 Å². The maximum Gasteiger partial charge on any atom is 0.0637 e. The number of halogens is 1. The summed E-state index contributed by atoms with van der Waals surface area (Å²) in [5, 5.41) is 4.05. The monoisotopic (exact) mass is 302 g/mol. The Morgan fingerprint density at radius 1 is 1.14 bits per heavy atom. The van der Waals surface area contributed by atoms with E-state index in [2.05, 4.69) is 55.3 Å². The second-order valence-electron chi connectivity index (χ2n) is 6.39. The molecule has 1 heterocycles. The zero-order valence-electron chi connectivity index (χ0n) is 13.2. The molecule has 0 aliphatic heterocycles. The first-order valence-corrected chi connectivity index (χ1v) is 7.65. The minimum absolute atomic E-state index is 0.190. The summed E-state index contributed by atoms with van der Waals surface area (Å²) in [6.07, 6.45) is 4.39. The van der Waals surface area contributed by atoms with Crippen LogP contribution in [0.25, 0.3) is 0 Å². The van der Waals surface area contributed by atoms with Crippen molar-refractivity contribution in [3.8, 4) is 0 Å². The molecule has 0 bridgehead atoms. The Labute approximate surface area is 132 Å². The highest BCUT2D eigenvalue weighted by Crippen LogP contribution is 2.26. The van der Waals surface area contributed by atoms with Gasteiger partial charge in [-0.3, -0.25) is 4.98 Å². The molecule has 21 heavy (non-hydrogen) atoms. The fourth-order valence-electron chi connectivity index (χ4n) is 2.41. The van der Waals surface area contributed by atoms with Crippen molar-refractivity contribution in [3.05, 3.63) is 64.4 Å². The Bertz CT molecular complexity index is 585. The van der Waals surface area contributed by atoms with E-state index in [0.29, 0.717) is 5.02 Å². The van der Waals surface area contributed by atoms with Crippen molar-refractivity contribution in [2.45, 2.75) is 38.6 Å². The number of nitrogens with one attached hydrogen (secondary N) is 1. The molecule has 0 saturated carbocycles. The van der Waals surface area contributed by atoms with E-state index in [1.807, 2.05) is 13.1 Å². The average Bonchev–Trinajstić information content (AvgIpc) is 2.45. The van der Waals surface area contributed by atoms with Gasteiger partial charge in [-0.2, -0.15) is 0 Å². The van der Waals surface area contributed by atoms with Crippen molar-refractivity contribution in [2.24, 2.45) is 0 Å². The number of aromatic nitrogens is 1. The molecular weight excluding hydrogens is 280 g/mol. The summed E-state index contributed by atoms with van der Waals surface area (Å²) in [5.41, 5.74) is 3.94. The third kappa shape index (κ3) is 4.05. The molecule has 1 aromatic heterocycles. The van der Waals surface area contributed by atoms with Gasteiger partial charge in [-0.25, -0.2) is 0 Å². The molecule has 0 aliphatic rings. The SMILES string of the molecule is CNC(Cc1ccc(C(C)(C)C)cc1)c1ccncc1Cl. The van der Waals surface area contributed by atoms with Gasteiger partial charge in [-0.05, 0) is 41.6 Å². The fraction of sp³-hybridized carbons (Fsp3) is 0.389. The number of pyridine rings is 1. The molecule has 0 radical (unpaired) electrons. The van der Waals surface area contributed by atoms with Crippen LogP contribution >= 0.6 is 11.6 Å². The second-order valence-corrected chi connectivity index (χ2v) is 6.80. The first-order valence-electron chi connectivity index (χ1n) is 7.28. The number of nitrogens with zero attached hydrogens (tertiary/aromatic N) is 1. The van der Waals surface area contributed by atoms with Gasteiger partial charge < -0.3 is 5.32 Å². The van der Waals surface area contributed by atoms with Crippen molar-refractivity contribution in [2.75, 3.05) is 7.05 Å². The molecule has 2 nitrogen and oxygen atoms in total. The van der Waals surface area contributed by atoms with Crippen LogP contribution in [0.3, 0.4) is 0 Å². The quantitative estimate of drug-likeness (QED) is 0.897. The van der Waals surface area contributed by atoms with E-state index in [1.165, 1.54) is 11.1 Å². The van der Waals surface area contributed by atoms with Gasteiger partial charge in [-0.1, -0.05) is 56.6 Å². The van der Waals surface area contributed by atoms with Gasteiger partial charge in [0, 0.05) is 18.4 Å². The molecule has 0 amide bonds. The molecule has 0 fully saturated rings. The molecule has 2 aromatic rings. The van der Waals surface area contributed by atoms with Crippen LogP contribution in [0.5, 0.6) is 0 Å². The van der Waals surface area contributed by atoms with Crippen LogP contribution in [-0.4, -0.2) is 12.0 Å². The molecular formula is C18H23ClN2. The van der Waals surface area contributed by atoms with Crippen molar-refractivity contribution in [1.82, 2.24) is 10.3 Å². The van der Waals surface area contributed by atoms with E-state index in [-0.39, 0.29) is 11.5 Å². The van der Waals surface area contributed by atoms with Gasteiger partial charge >= 0.3 is 0 Å². The Morgan fingerprint density at radius 2 is 1.81 bits per heavy atom. The summed E-state index contributed by atoms with van der Waals surface area (Å²) in [4.78, 5) is 4.05. The van der Waals surface area contributed by atoms with Crippen LogP contribution in [0.1, 0.15) is 43.5 Å². The van der Waals surface area contributed by atoms with E-state index in [1.54, 1.807) is 12.4 Å². The zero-order chi connectivity index (χ0) is 15.5. The Balaban J connectivity index is 2.18. The molecule has 1 atom stereocenters. The van der Waals surface area contributed by atoms with Crippen LogP contribution in [-0.2, 0) is 11.8 Å². The molecule has 0 spiro atoms. The number of rotatable bonds is 4. The molecule has 0 saturated heterocycles. The van der Waals surface area contributed by atoms with Crippen LogP contribution in [0, 0.1) is 0 Å². The largest absolute Gasteiger partial charge is 0.313 e. The van der Waals surface area contributed by atoms with Gasteiger partial charge in [0.15, 0.2) is 0 Å². The van der Waals surface area contributed by atoms with Gasteiger partial charge in [0.1, 0.15) is 0 Å². The lowest BCUT2D eigenvalue weighted by Gasteiger charge is -2.21. The minimum Gasteiger partial charge on any atom is -0.313 e. The molecule has 3 heteroatoms. The Morgan fingerprint density at radius 3 is 2.33 bits per heavy atom. The van der Waals surface area contributed by atoms with Crippen molar-refractivity contribution in [1.29, 1.82) is 0 Å². The van der Waals surface area contributed by atoms with Crippen molar-refractivity contribution in [3.63, 3.8) is 0 Å². The van der Waals surface area contributed by atoms with Crippen LogP contribution < -0.4 is 5.32 Å². The predicted octanol–water partition coefficient (Wildman–Crippen LogP) is 4.54. The van der Waals surface area contributed by atoms with Crippen molar-refractivity contribution < 1.29 is 0 Å². The summed E-state index contributed by atoms with van der Waals surface area (Å²) < 4.78 is 0. The average molecular weight is 303 g/mol. The lowest BCUT2D eigenvalue weighted by Crippen LogP contribution is -2.19. The highest BCUT2D eigenvalue weighted by Gasteiger charge is 2.15. The lowest BCUT2D eigenvalue weighted by molar-refractivity contribution is 0.583. The first kappa shape index (κ1) is 16.0. The topological polar surface area (TPSA) is 24.9 Å². The van der Waals surface area contributed by atoms with E-state index < -0.39 is 0 Å². The predicted molar refractivity (Wildman–Crippen MR) is 89.9 cm³/mol. The number of benzene rings is 1. The van der Waals surface area contributed by atoms with E-state index in [0.717, 1.165) is 12.0 Å². The molecule has 112 valence electrons. The van der Waals surface area contributed by atoms with E-state index in [9.17, 15) is 0 Å². The lowest BCUT2D eigenvalue weighted by atomic mass is 9.86. The summed E-state index contributed by atoms with van der Waals surface area (Å²) in [6.45, 7) is 6.69. The third-order valence-electron chi connectivity index (χ3n) is 3.79. The zero-order valence-corrected chi connectivity index (χ0v) is 13.9. The van der Waals surface area contributed by atoms with Crippen LogP contribution in [0.2, 0.25) is 5.02 Å². The smallest absolute Gasteiger partial charge is 0.0637 e. The highest BCUT2D eigenvalue weighted by atomic mass is 35.5. The van der Waals surface area contributed by atoms with Crippen LogP contribution in [0.15, 0.2) is 42.7 Å². The molecule has 2 rings (SSSR count). The Hall–Kier alpha value is -1.38. The fourth-order valence-corrected chi connectivity index (χ4v) is 2.66. The van der Waals surface area contributed by atoms with Gasteiger partial charge in [-0.15, -0.1) is 0 Å². The van der Waals surface area contributed by atoms with E-state index in [4.69, 9.17) is 11.6 Å². The molecule has 1 unspecified atom stereocenters.